The van der Waals surface area contributed by atoms with Crippen LogP contribution in [0.15, 0.2) is 18.5 Å². The maximum Gasteiger partial charge on any atom is 0.315 e. The summed E-state index contributed by atoms with van der Waals surface area (Å²) in [6.45, 7) is 13.3. The Labute approximate surface area is 163 Å². The standard InChI is InChI=1S/C20H36N6O/c1-5-25(6-2)18(14-16(3)4)15-23-20(27)24-17-8-12-26(13-9-17)19-21-10-7-11-22-19/h7,10-11,16-18H,5-6,8-9,12-15H2,1-4H3,(H2,23,24,27). The van der Waals surface area contributed by atoms with Crippen LogP contribution in [0.3, 0.4) is 0 Å². The molecular formula is C20H36N6O. The van der Waals surface area contributed by atoms with Crippen molar-refractivity contribution < 1.29 is 4.79 Å². The highest BCUT2D eigenvalue weighted by molar-refractivity contribution is 5.74. The maximum atomic E-state index is 12.4. The lowest BCUT2D eigenvalue weighted by Crippen LogP contribution is -2.51. The average molecular weight is 377 g/mol. The normalized spacial score (nSPS) is 16.6. The summed E-state index contributed by atoms with van der Waals surface area (Å²) in [5.41, 5.74) is 0. The SMILES string of the molecule is CCN(CC)C(CNC(=O)NC1CCN(c2ncccn2)CC1)CC(C)C. The van der Waals surface area contributed by atoms with Crippen molar-refractivity contribution >= 4 is 12.0 Å². The van der Waals surface area contributed by atoms with Crippen LogP contribution in [0.1, 0.15) is 47.0 Å². The second kappa shape index (κ2) is 11.1. The first kappa shape index (κ1) is 21.4. The molecule has 1 atom stereocenters. The summed E-state index contributed by atoms with van der Waals surface area (Å²) in [6.07, 6.45) is 6.46. The van der Waals surface area contributed by atoms with Gasteiger partial charge in [0.25, 0.3) is 0 Å². The van der Waals surface area contributed by atoms with E-state index in [1.54, 1.807) is 12.4 Å². The monoisotopic (exact) mass is 376 g/mol. The van der Waals surface area contributed by atoms with Crippen molar-refractivity contribution in [3.63, 3.8) is 0 Å². The summed E-state index contributed by atoms with van der Waals surface area (Å²) in [5, 5.41) is 6.24. The van der Waals surface area contributed by atoms with Crippen LogP contribution in [0.5, 0.6) is 0 Å². The van der Waals surface area contributed by atoms with E-state index in [0.717, 1.165) is 51.4 Å². The Hall–Kier alpha value is -1.89. The van der Waals surface area contributed by atoms with Gasteiger partial charge in [-0.05, 0) is 44.3 Å². The zero-order valence-electron chi connectivity index (χ0n) is 17.3. The average Bonchev–Trinajstić information content (AvgIpc) is 2.68. The van der Waals surface area contributed by atoms with Gasteiger partial charge in [0.15, 0.2) is 0 Å². The first-order valence-electron chi connectivity index (χ1n) is 10.3. The van der Waals surface area contributed by atoms with E-state index in [1.165, 1.54) is 0 Å². The first-order valence-corrected chi connectivity index (χ1v) is 10.3. The highest BCUT2D eigenvalue weighted by Gasteiger charge is 2.23. The van der Waals surface area contributed by atoms with E-state index in [4.69, 9.17) is 0 Å². The Kier molecular flexibility index (Phi) is 8.78. The second-order valence-corrected chi connectivity index (χ2v) is 7.67. The van der Waals surface area contributed by atoms with E-state index in [1.807, 2.05) is 6.07 Å². The first-order chi connectivity index (χ1) is 13.0. The predicted molar refractivity (Wildman–Crippen MR) is 110 cm³/mol. The van der Waals surface area contributed by atoms with Crippen LogP contribution in [0.25, 0.3) is 0 Å². The number of carbonyl (C=O) groups excluding carboxylic acids is 1. The molecule has 2 amide bonds. The zero-order valence-corrected chi connectivity index (χ0v) is 17.3. The van der Waals surface area contributed by atoms with Crippen molar-refractivity contribution in [1.82, 2.24) is 25.5 Å². The zero-order chi connectivity index (χ0) is 19.6. The van der Waals surface area contributed by atoms with Gasteiger partial charge in [0.1, 0.15) is 0 Å². The molecule has 2 N–H and O–H groups in total. The summed E-state index contributed by atoms with van der Waals surface area (Å²) < 4.78 is 0. The lowest BCUT2D eigenvalue weighted by molar-refractivity contribution is 0.183. The summed E-state index contributed by atoms with van der Waals surface area (Å²) >= 11 is 0. The molecule has 2 rings (SSSR count). The molecule has 27 heavy (non-hydrogen) atoms. The predicted octanol–water partition coefficient (Wildman–Crippen LogP) is 2.50. The fraction of sp³-hybridized carbons (Fsp3) is 0.750. The van der Waals surface area contributed by atoms with Crippen molar-refractivity contribution in [3.8, 4) is 0 Å². The minimum absolute atomic E-state index is 0.0506. The number of carbonyl (C=O) groups is 1. The third-order valence-corrected chi connectivity index (χ3v) is 5.24. The lowest BCUT2D eigenvalue weighted by Gasteiger charge is -2.33. The molecule has 0 aliphatic carbocycles. The molecular weight excluding hydrogens is 340 g/mol. The molecule has 7 nitrogen and oxygen atoms in total. The third kappa shape index (κ3) is 6.97. The smallest absolute Gasteiger partial charge is 0.315 e. The number of hydrogen-bond donors (Lipinski definition) is 2. The molecule has 152 valence electrons. The van der Waals surface area contributed by atoms with Gasteiger partial charge in [-0.1, -0.05) is 27.7 Å². The molecule has 2 heterocycles. The van der Waals surface area contributed by atoms with Crippen molar-refractivity contribution in [1.29, 1.82) is 0 Å². The second-order valence-electron chi connectivity index (χ2n) is 7.67. The highest BCUT2D eigenvalue weighted by Crippen LogP contribution is 2.15. The number of piperidine rings is 1. The fourth-order valence-electron chi connectivity index (χ4n) is 3.77. The number of rotatable bonds is 9. The van der Waals surface area contributed by atoms with Gasteiger partial charge >= 0.3 is 6.03 Å². The van der Waals surface area contributed by atoms with Crippen LogP contribution in [0.2, 0.25) is 0 Å². The Morgan fingerprint density at radius 3 is 2.41 bits per heavy atom. The molecule has 0 saturated carbocycles. The number of nitrogens with one attached hydrogen (secondary N) is 2. The molecule has 0 radical (unpaired) electrons. The molecule has 0 spiro atoms. The number of anilines is 1. The summed E-state index contributed by atoms with van der Waals surface area (Å²) in [4.78, 5) is 25.6. The number of amides is 2. The van der Waals surface area contributed by atoms with Crippen molar-refractivity contribution in [2.75, 3.05) is 37.6 Å². The number of urea groups is 1. The molecule has 1 unspecified atom stereocenters. The van der Waals surface area contributed by atoms with Gasteiger partial charge in [-0.15, -0.1) is 0 Å². The maximum absolute atomic E-state index is 12.4. The number of aromatic nitrogens is 2. The Morgan fingerprint density at radius 1 is 1.22 bits per heavy atom. The molecule has 7 heteroatoms. The number of likely N-dealkylation sites (N-methyl/N-ethyl adjacent to an activating group) is 1. The van der Waals surface area contributed by atoms with E-state index in [-0.39, 0.29) is 12.1 Å². The molecule has 1 aliphatic heterocycles. The van der Waals surface area contributed by atoms with E-state index < -0.39 is 0 Å². The Balaban J connectivity index is 1.75. The van der Waals surface area contributed by atoms with Crippen molar-refractivity contribution in [2.24, 2.45) is 5.92 Å². The van der Waals surface area contributed by atoms with Crippen molar-refractivity contribution in [2.45, 2.75) is 59.0 Å². The summed E-state index contributed by atoms with van der Waals surface area (Å²) in [7, 11) is 0. The third-order valence-electron chi connectivity index (χ3n) is 5.24. The van der Waals surface area contributed by atoms with Gasteiger partial charge in [0.2, 0.25) is 5.95 Å². The van der Waals surface area contributed by atoms with Crippen LogP contribution < -0.4 is 15.5 Å². The van der Waals surface area contributed by atoms with Gasteiger partial charge in [-0.3, -0.25) is 4.90 Å². The van der Waals surface area contributed by atoms with Crippen LogP contribution in [-0.4, -0.2) is 65.7 Å². The van der Waals surface area contributed by atoms with Crippen LogP contribution in [0.4, 0.5) is 10.7 Å². The van der Waals surface area contributed by atoms with E-state index >= 15 is 0 Å². The largest absolute Gasteiger partial charge is 0.341 e. The lowest BCUT2D eigenvalue weighted by atomic mass is 10.0. The van der Waals surface area contributed by atoms with Gasteiger partial charge in [-0.25, -0.2) is 14.8 Å². The van der Waals surface area contributed by atoms with Gasteiger partial charge in [-0.2, -0.15) is 0 Å². The molecule has 1 aromatic heterocycles. The Morgan fingerprint density at radius 2 is 1.85 bits per heavy atom. The van der Waals surface area contributed by atoms with Crippen LogP contribution in [-0.2, 0) is 0 Å². The molecule has 1 aromatic rings. The van der Waals surface area contributed by atoms with Crippen LogP contribution >= 0.6 is 0 Å². The highest BCUT2D eigenvalue weighted by atomic mass is 16.2. The molecule has 0 aromatic carbocycles. The van der Waals surface area contributed by atoms with E-state index in [9.17, 15) is 4.79 Å². The van der Waals surface area contributed by atoms with E-state index in [2.05, 4.69) is 58.1 Å². The van der Waals surface area contributed by atoms with Crippen molar-refractivity contribution in [3.05, 3.63) is 18.5 Å². The van der Waals surface area contributed by atoms with E-state index in [0.29, 0.717) is 18.5 Å². The van der Waals surface area contributed by atoms with Gasteiger partial charge in [0.05, 0.1) is 0 Å². The minimum atomic E-state index is -0.0506. The Bertz CT molecular complexity index is 541. The quantitative estimate of drug-likeness (QED) is 0.693. The summed E-state index contributed by atoms with van der Waals surface area (Å²) in [6, 6.07) is 2.38. The molecule has 1 aliphatic rings. The minimum Gasteiger partial charge on any atom is -0.341 e. The van der Waals surface area contributed by atoms with Gasteiger partial charge in [0, 0.05) is 44.1 Å². The van der Waals surface area contributed by atoms with Crippen LogP contribution in [0, 0.1) is 5.92 Å². The molecule has 1 saturated heterocycles. The fourth-order valence-corrected chi connectivity index (χ4v) is 3.77. The topological polar surface area (TPSA) is 73.4 Å². The molecule has 1 fully saturated rings. The van der Waals surface area contributed by atoms with Gasteiger partial charge < -0.3 is 15.5 Å². The molecule has 0 bridgehead atoms. The summed E-state index contributed by atoms with van der Waals surface area (Å²) in [5.74, 6) is 1.39. The number of nitrogens with zero attached hydrogens (tertiary/aromatic N) is 4. The number of hydrogen-bond acceptors (Lipinski definition) is 5.